The van der Waals surface area contributed by atoms with E-state index in [2.05, 4.69) is 11.9 Å². The lowest BCUT2D eigenvalue weighted by molar-refractivity contribution is -0.270. The van der Waals surface area contributed by atoms with Gasteiger partial charge in [0.05, 0.1) is 6.61 Å². The van der Waals surface area contributed by atoms with Crippen LogP contribution in [-0.4, -0.2) is 65.1 Å². The Morgan fingerprint density at radius 1 is 1.38 bits per heavy atom. The highest BCUT2D eigenvalue weighted by atomic mass is 16.7. The Bertz CT molecular complexity index is 337. The molecule has 21 heavy (non-hydrogen) atoms. The van der Waals surface area contributed by atoms with Crippen molar-refractivity contribution in [3.8, 4) is 0 Å². The maximum Gasteiger partial charge on any atom is 0.217 e. The van der Waals surface area contributed by atoms with Crippen molar-refractivity contribution >= 4 is 5.91 Å². The van der Waals surface area contributed by atoms with Gasteiger partial charge in [0.25, 0.3) is 0 Å². The monoisotopic (exact) mass is 303 g/mol. The fourth-order valence-corrected chi connectivity index (χ4v) is 2.20. The quantitative estimate of drug-likeness (QED) is 0.349. The van der Waals surface area contributed by atoms with E-state index in [0.29, 0.717) is 6.61 Å². The minimum atomic E-state index is -1.28. The SMILES string of the molecule is C=CCCCCOC1OC(CO)C(O)C(O)C1NC(C)=O. The number of carbonyl (C=O) groups excluding carboxylic acids is 1. The first-order chi connectivity index (χ1) is 10.0. The number of aliphatic hydroxyl groups is 3. The molecule has 0 aromatic heterocycles. The van der Waals surface area contributed by atoms with Gasteiger partial charge < -0.3 is 30.1 Å². The summed E-state index contributed by atoms with van der Waals surface area (Å²) in [6.45, 7) is 4.88. The van der Waals surface area contributed by atoms with Gasteiger partial charge >= 0.3 is 0 Å². The van der Waals surface area contributed by atoms with Crippen LogP contribution in [0.4, 0.5) is 0 Å². The van der Waals surface area contributed by atoms with Crippen molar-refractivity contribution in [1.29, 1.82) is 0 Å². The summed E-state index contributed by atoms with van der Waals surface area (Å²) in [5.41, 5.74) is 0. The van der Waals surface area contributed by atoms with Crippen LogP contribution in [0.3, 0.4) is 0 Å². The van der Waals surface area contributed by atoms with Crippen LogP contribution in [0.1, 0.15) is 26.2 Å². The number of nitrogens with one attached hydrogen (secondary N) is 1. The zero-order valence-electron chi connectivity index (χ0n) is 12.3. The number of allylic oxidation sites excluding steroid dienone is 1. The summed E-state index contributed by atoms with van der Waals surface area (Å²) in [4.78, 5) is 11.2. The second-order valence-corrected chi connectivity index (χ2v) is 5.09. The molecule has 0 aromatic carbocycles. The molecule has 5 unspecified atom stereocenters. The topological polar surface area (TPSA) is 108 Å². The van der Waals surface area contributed by atoms with Gasteiger partial charge in [0.2, 0.25) is 5.91 Å². The summed E-state index contributed by atoms with van der Waals surface area (Å²) in [5.74, 6) is -0.363. The summed E-state index contributed by atoms with van der Waals surface area (Å²) in [5, 5.41) is 31.5. The third-order valence-electron chi connectivity index (χ3n) is 3.34. The Balaban J connectivity index is 2.60. The van der Waals surface area contributed by atoms with Gasteiger partial charge in [-0.15, -0.1) is 6.58 Å². The fourth-order valence-electron chi connectivity index (χ4n) is 2.20. The summed E-state index contributed by atoms with van der Waals surface area (Å²) >= 11 is 0. The van der Waals surface area contributed by atoms with Crippen molar-refractivity contribution in [1.82, 2.24) is 5.32 Å². The van der Waals surface area contributed by atoms with Crippen LogP contribution < -0.4 is 5.32 Å². The largest absolute Gasteiger partial charge is 0.394 e. The number of ether oxygens (including phenoxy) is 2. The number of aliphatic hydroxyl groups excluding tert-OH is 3. The second kappa shape index (κ2) is 9.11. The molecule has 0 aromatic rings. The van der Waals surface area contributed by atoms with E-state index in [1.807, 2.05) is 6.08 Å². The van der Waals surface area contributed by atoms with Crippen LogP contribution in [0.5, 0.6) is 0 Å². The highest BCUT2D eigenvalue weighted by Crippen LogP contribution is 2.22. The van der Waals surface area contributed by atoms with E-state index in [4.69, 9.17) is 14.6 Å². The lowest BCUT2D eigenvalue weighted by atomic mass is 9.97. The van der Waals surface area contributed by atoms with Gasteiger partial charge in [0.15, 0.2) is 6.29 Å². The van der Waals surface area contributed by atoms with Crippen molar-refractivity contribution in [3.05, 3.63) is 12.7 Å². The maximum absolute atomic E-state index is 11.2. The Kier molecular flexibility index (Phi) is 7.84. The molecule has 7 nitrogen and oxygen atoms in total. The number of amides is 1. The van der Waals surface area contributed by atoms with Gasteiger partial charge in [-0.2, -0.15) is 0 Å². The summed E-state index contributed by atoms with van der Waals surface area (Å²) in [7, 11) is 0. The molecule has 1 rings (SSSR count). The molecule has 0 bridgehead atoms. The average molecular weight is 303 g/mol. The number of unbranched alkanes of at least 4 members (excludes halogenated alkanes) is 2. The van der Waals surface area contributed by atoms with Crippen LogP contribution in [0.15, 0.2) is 12.7 Å². The summed E-state index contributed by atoms with van der Waals surface area (Å²) in [6, 6.07) is -0.875. The molecule has 1 heterocycles. The van der Waals surface area contributed by atoms with Gasteiger partial charge in [0, 0.05) is 13.5 Å². The van der Waals surface area contributed by atoms with Crippen LogP contribution >= 0.6 is 0 Å². The van der Waals surface area contributed by atoms with E-state index in [0.717, 1.165) is 19.3 Å². The maximum atomic E-state index is 11.2. The molecule has 4 N–H and O–H groups in total. The Labute approximate surface area is 124 Å². The molecule has 0 aliphatic carbocycles. The standard InChI is InChI=1S/C14H25NO6/c1-3-4-5-6-7-20-14-11(15-9(2)17)13(19)12(18)10(8-16)21-14/h3,10-14,16,18-19H,1,4-8H2,2H3,(H,15,17). The Hall–Kier alpha value is -0.990. The molecule has 1 amide bonds. The van der Waals surface area contributed by atoms with E-state index >= 15 is 0 Å². The molecular weight excluding hydrogens is 278 g/mol. The first-order valence-electron chi connectivity index (χ1n) is 7.13. The van der Waals surface area contributed by atoms with Gasteiger partial charge in [-0.3, -0.25) is 4.79 Å². The first kappa shape index (κ1) is 18.1. The van der Waals surface area contributed by atoms with Crippen molar-refractivity contribution in [3.63, 3.8) is 0 Å². The minimum Gasteiger partial charge on any atom is -0.394 e. The zero-order chi connectivity index (χ0) is 15.8. The minimum absolute atomic E-state index is 0.363. The smallest absolute Gasteiger partial charge is 0.217 e. The number of hydrogen-bond acceptors (Lipinski definition) is 6. The third kappa shape index (κ3) is 5.37. The fraction of sp³-hybridized carbons (Fsp3) is 0.786. The summed E-state index contributed by atoms with van der Waals surface area (Å²) in [6.07, 6.45) is -0.0117. The van der Waals surface area contributed by atoms with Crippen molar-refractivity contribution in [2.45, 2.75) is 56.8 Å². The van der Waals surface area contributed by atoms with Crippen LogP contribution in [0.25, 0.3) is 0 Å². The van der Waals surface area contributed by atoms with E-state index in [1.165, 1.54) is 6.92 Å². The van der Waals surface area contributed by atoms with E-state index in [9.17, 15) is 15.0 Å². The lowest BCUT2D eigenvalue weighted by Crippen LogP contribution is -2.64. The molecular formula is C14H25NO6. The lowest BCUT2D eigenvalue weighted by Gasteiger charge is -2.42. The third-order valence-corrected chi connectivity index (χ3v) is 3.34. The molecule has 1 saturated heterocycles. The zero-order valence-corrected chi connectivity index (χ0v) is 12.3. The normalized spacial score (nSPS) is 32.7. The molecule has 1 aliphatic rings. The predicted molar refractivity (Wildman–Crippen MR) is 75.4 cm³/mol. The van der Waals surface area contributed by atoms with E-state index in [-0.39, 0.29) is 5.91 Å². The summed E-state index contributed by atoms with van der Waals surface area (Å²) < 4.78 is 11.0. The first-order valence-corrected chi connectivity index (χ1v) is 7.13. The molecule has 1 fully saturated rings. The van der Waals surface area contributed by atoms with Crippen molar-refractivity contribution in [2.75, 3.05) is 13.2 Å². The highest BCUT2D eigenvalue weighted by molar-refractivity contribution is 5.73. The average Bonchev–Trinajstić information content (AvgIpc) is 2.45. The molecule has 0 radical (unpaired) electrons. The van der Waals surface area contributed by atoms with Gasteiger partial charge in [-0.05, 0) is 19.3 Å². The Morgan fingerprint density at radius 3 is 2.67 bits per heavy atom. The molecule has 1 aliphatic heterocycles. The number of hydrogen-bond donors (Lipinski definition) is 4. The van der Waals surface area contributed by atoms with Crippen molar-refractivity contribution < 1.29 is 29.6 Å². The van der Waals surface area contributed by atoms with Crippen LogP contribution in [0, 0.1) is 0 Å². The molecule has 0 saturated carbocycles. The molecule has 5 atom stereocenters. The van der Waals surface area contributed by atoms with Gasteiger partial charge in [-0.1, -0.05) is 6.08 Å². The highest BCUT2D eigenvalue weighted by Gasteiger charge is 2.45. The molecule has 122 valence electrons. The Morgan fingerprint density at radius 2 is 2.10 bits per heavy atom. The predicted octanol–water partition coefficient (Wildman–Crippen LogP) is -0.697. The van der Waals surface area contributed by atoms with Crippen molar-refractivity contribution in [2.24, 2.45) is 0 Å². The second-order valence-electron chi connectivity index (χ2n) is 5.09. The van der Waals surface area contributed by atoms with E-state index < -0.39 is 37.3 Å². The van der Waals surface area contributed by atoms with E-state index in [1.54, 1.807) is 0 Å². The van der Waals surface area contributed by atoms with Gasteiger partial charge in [0.1, 0.15) is 24.4 Å². The number of rotatable bonds is 8. The van der Waals surface area contributed by atoms with Gasteiger partial charge in [-0.25, -0.2) is 0 Å². The van der Waals surface area contributed by atoms with Crippen LogP contribution in [0.2, 0.25) is 0 Å². The van der Waals surface area contributed by atoms with Crippen LogP contribution in [-0.2, 0) is 14.3 Å². The number of carbonyl (C=O) groups is 1. The molecule has 0 spiro atoms. The molecule has 7 heteroatoms.